The van der Waals surface area contributed by atoms with E-state index in [-0.39, 0.29) is 29.8 Å². The van der Waals surface area contributed by atoms with Crippen molar-refractivity contribution in [2.24, 2.45) is 5.92 Å². The number of carbonyl (C=O) groups is 3. The van der Waals surface area contributed by atoms with Crippen molar-refractivity contribution in [2.75, 3.05) is 0 Å². The third kappa shape index (κ3) is 8.75. The molecule has 37 heavy (non-hydrogen) atoms. The van der Waals surface area contributed by atoms with E-state index in [1.165, 1.54) is 0 Å². The van der Waals surface area contributed by atoms with Crippen LogP contribution in [0.15, 0.2) is 18.2 Å². The summed E-state index contributed by atoms with van der Waals surface area (Å²) in [6.45, 7) is 17.4. The van der Waals surface area contributed by atoms with Gasteiger partial charge in [-0.15, -0.1) is 0 Å². The number of aryl methyl sites for hydroxylation is 2. The molecule has 1 aliphatic rings. The summed E-state index contributed by atoms with van der Waals surface area (Å²) in [6, 6.07) is 4.43. The van der Waals surface area contributed by atoms with Gasteiger partial charge in [0.1, 0.15) is 17.7 Å². The average molecular weight is 516 g/mol. The first-order chi connectivity index (χ1) is 17.3. The molecule has 0 heterocycles. The molecule has 4 atom stereocenters. The number of alkyl carbamates (subject to hydrolysis) is 1. The van der Waals surface area contributed by atoms with Gasteiger partial charge >= 0.3 is 6.09 Å². The van der Waals surface area contributed by atoms with E-state index < -0.39 is 23.8 Å². The molecule has 0 spiro atoms. The molecule has 0 radical (unpaired) electrons. The van der Waals surface area contributed by atoms with Gasteiger partial charge < -0.3 is 20.3 Å². The highest BCUT2D eigenvalue weighted by Gasteiger charge is 2.43. The van der Waals surface area contributed by atoms with Crippen molar-refractivity contribution in [2.45, 2.75) is 131 Å². The number of rotatable bonds is 11. The molecule has 2 rings (SSSR count). The molecule has 4 unspecified atom stereocenters. The molecule has 1 aromatic rings. The minimum Gasteiger partial charge on any atom is -0.444 e. The highest BCUT2D eigenvalue weighted by atomic mass is 16.6. The third-order valence-corrected chi connectivity index (χ3v) is 7.07. The second-order valence-corrected chi connectivity index (χ2v) is 11.9. The number of ether oxygens (including phenoxy) is 1. The Kier molecular flexibility index (Phi) is 11.0. The number of amides is 3. The summed E-state index contributed by atoms with van der Waals surface area (Å²) < 4.78 is 5.50. The molecule has 2 N–H and O–H groups in total. The van der Waals surface area contributed by atoms with Gasteiger partial charge in [0, 0.05) is 12.1 Å². The first-order valence-corrected chi connectivity index (χ1v) is 14.0. The Labute approximate surface area is 224 Å². The maximum atomic E-state index is 14.4. The molecule has 1 fully saturated rings. The first kappa shape index (κ1) is 30.7. The van der Waals surface area contributed by atoms with Crippen molar-refractivity contribution < 1.29 is 19.1 Å². The molecule has 0 bridgehead atoms. The zero-order valence-corrected chi connectivity index (χ0v) is 24.4. The molecule has 1 saturated carbocycles. The minimum atomic E-state index is -0.797. The van der Waals surface area contributed by atoms with Gasteiger partial charge in [-0.05, 0) is 78.7 Å². The number of nitrogens with zero attached hydrogens (tertiary/aromatic N) is 1. The molecule has 1 aromatic carbocycles. The number of nitrogens with one attached hydrogen (secondary N) is 2. The lowest BCUT2D eigenvalue weighted by Gasteiger charge is -2.44. The van der Waals surface area contributed by atoms with E-state index in [9.17, 15) is 14.4 Å². The van der Waals surface area contributed by atoms with Gasteiger partial charge in [-0.25, -0.2) is 4.79 Å². The largest absolute Gasteiger partial charge is 0.444 e. The van der Waals surface area contributed by atoms with Gasteiger partial charge in [0.05, 0.1) is 0 Å². The van der Waals surface area contributed by atoms with E-state index in [4.69, 9.17) is 4.74 Å². The lowest BCUT2D eigenvalue weighted by molar-refractivity contribution is -0.148. The molecule has 1 aliphatic carbocycles. The van der Waals surface area contributed by atoms with Crippen LogP contribution in [0.3, 0.4) is 0 Å². The summed E-state index contributed by atoms with van der Waals surface area (Å²) in [4.78, 5) is 42.8. The van der Waals surface area contributed by atoms with Gasteiger partial charge in [0.2, 0.25) is 11.8 Å². The molecule has 0 aromatic heterocycles. The van der Waals surface area contributed by atoms with Crippen molar-refractivity contribution in [1.29, 1.82) is 0 Å². The SMILES string of the molecule is CCCC(C)NC(=O)C(c1cc(C)cc(C)c1)N(C(=O)C(NC(=O)OC(C)(C)C)C(C)CC)C1CCC1. The second-order valence-electron chi connectivity index (χ2n) is 11.9. The molecule has 0 saturated heterocycles. The molecule has 3 amide bonds. The first-order valence-electron chi connectivity index (χ1n) is 14.0. The second kappa shape index (κ2) is 13.3. The molecule has 208 valence electrons. The lowest BCUT2D eigenvalue weighted by atomic mass is 9.86. The van der Waals surface area contributed by atoms with Crippen LogP contribution in [-0.4, -0.2) is 46.5 Å². The van der Waals surface area contributed by atoms with Crippen LogP contribution >= 0.6 is 0 Å². The number of carbonyl (C=O) groups excluding carboxylic acids is 3. The summed E-state index contributed by atoms with van der Waals surface area (Å²) in [5, 5.41) is 6.02. The molecule has 0 aliphatic heterocycles. The lowest BCUT2D eigenvalue weighted by Crippen LogP contribution is -2.59. The van der Waals surface area contributed by atoms with Crippen LogP contribution in [0.4, 0.5) is 4.79 Å². The van der Waals surface area contributed by atoms with E-state index in [0.29, 0.717) is 6.42 Å². The fourth-order valence-electron chi connectivity index (χ4n) is 4.89. The summed E-state index contributed by atoms with van der Waals surface area (Å²) in [5.74, 6) is -0.539. The Morgan fingerprint density at radius 2 is 1.62 bits per heavy atom. The predicted molar refractivity (Wildman–Crippen MR) is 148 cm³/mol. The van der Waals surface area contributed by atoms with Crippen LogP contribution in [0.5, 0.6) is 0 Å². The fraction of sp³-hybridized carbons (Fsp3) is 0.700. The van der Waals surface area contributed by atoms with Gasteiger partial charge in [-0.2, -0.15) is 0 Å². The third-order valence-electron chi connectivity index (χ3n) is 7.07. The number of hydrogen-bond donors (Lipinski definition) is 2. The standard InChI is InChI=1S/C30H49N3O4/c1-10-13-22(6)31-27(34)26(23-17-19(3)16-20(4)18-23)33(24-14-12-15-24)28(35)25(21(5)11-2)32-29(36)37-30(7,8)9/h16-18,21-22,24-26H,10-15H2,1-9H3,(H,31,34)(H,32,36). The van der Waals surface area contributed by atoms with E-state index in [2.05, 4.69) is 23.6 Å². The van der Waals surface area contributed by atoms with Crippen LogP contribution in [0.1, 0.15) is 110 Å². The monoisotopic (exact) mass is 515 g/mol. The normalized spacial score (nSPS) is 17.1. The zero-order valence-electron chi connectivity index (χ0n) is 24.4. The van der Waals surface area contributed by atoms with Crippen LogP contribution < -0.4 is 10.6 Å². The van der Waals surface area contributed by atoms with E-state index >= 15 is 0 Å². The topological polar surface area (TPSA) is 87.7 Å². The Balaban J connectivity index is 2.55. The highest BCUT2D eigenvalue weighted by molar-refractivity contribution is 5.92. The van der Waals surface area contributed by atoms with Crippen LogP contribution in [0.2, 0.25) is 0 Å². The Morgan fingerprint density at radius 3 is 2.08 bits per heavy atom. The molecule has 7 heteroatoms. The van der Waals surface area contributed by atoms with Crippen LogP contribution in [-0.2, 0) is 14.3 Å². The Morgan fingerprint density at radius 1 is 1.03 bits per heavy atom. The quantitative estimate of drug-likeness (QED) is 0.380. The summed E-state index contributed by atoms with van der Waals surface area (Å²) in [5.41, 5.74) is 2.21. The van der Waals surface area contributed by atoms with E-state index in [1.807, 2.05) is 46.8 Å². The van der Waals surface area contributed by atoms with Crippen molar-refractivity contribution in [3.8, 4) is 0 Å². The number of benzene rings is 1. The maximum Gasteiger partial charge on any atom is 0.408 e. The van der Waals surface area contributed by atoms with Crippen LogP contribution in [0, 0.1) is 19.8 Å². The van der Waals surface area contributed by atoms with Gasteiger partial charge in [-0.1, -0.05) is 62.9 Å². The predicted octanol–water partition coefficient (Wildman–Crippen LogP) is 5.97. The van der Waals surface area contributed by atoms with Crippen molar-refractivity contribution in [3.63, 3.8) is 0 Å². The summed E-state index contributed by atoms with van der Waals surface area (Å²) in [6.07, 6.45) is 4.57. The van der Waals surface area contributed by atoms with Gasteiger partial charge in [-0.3, -0.25) is 9.59 Å². The van der Waals surface area contributed by atoms with Crippen molar-refractivity contribution >= 4 is 17.9 Å². The van der Waals surface area contributed by atoms with Crippen LogP contribution in [0.25, 0.3) is 0 Å². The summed E-state index contributed by atoms with van der Waals surface area (Å²) in [7, 11) is 0. The van der Waals surface area contributed by atoms with Gasteiger partial charge in [0.15, 0.2) is 0 Å². The van der Waals surface area contributed by atoms with Gasteiger partial charge in [0.25, 0.3) is 0 Å². The minimum absolute atomic E-state index is 0.00509. The van der Waals surface area contributed by atoms with E-state index in [0.717, 1.165) is 48.8 Å². The summed E-state index contributed by atoms with van der Waals surface area (Å²) >= 11 is 0. The van der Waals surface area contributed by atoms with E-state index in [1.54, 1.807) is 25.7 Å². The Hall–Kier alpha value is -2.57. The maximum absolute atomic E-state index is 14.4. The Bertz CT molecular complexity index is 915. The highest BCUT2D eigenvalue weighted by Crippen LogP contribution is 2.35. The zero-order chi connectivity index (χ0) is 27.9. The smallest absolute Gasteiger partial charge is 0.408 e. The fourth-order valence-corrected chi connectivity index (χ4v) is 4.89. The molecular weight excluding hydrogens is 466 g/mol. The van der Waals surface area contributed by atoms with Crippen molar-refractivity contribution in [1.82, 2.24) is 15.5 Å². The average Bonchev–Trinajstić information content (AvgIpc) is 2.73. The molecular formula is C30H49N3O4. The number of hydrogen-bond acceptors (Lipinski definition) is 4. The molecule has 7 nitrogen and oxygen atoms in total. The van der Waals surface area contributed by atoms with Crippen molar-refractivity contribution in [3.05, 3.63) is 34.9 Å².